The van der Waals surface area contributed by atoms with E-state index >= 15 is 0 Å². The summed E-state index contributed by atoms with van der Waals surface area (Å²) < 4.78 is 15.1. The number of fused-ring (bicyclic) bond motifs is 1. The number of hydrogen-bond acceptors (Lipinski definition) is 9. The van der Waals surface area contributed by atoms with E-state index in [1.54, 1.807) is 19.1 Å². The average Bonchev–Trinajstić information content (AvgIpc) is 3.09. The van der Waals surface area contributed by atoms with E-state index < -0.39 is 47.0 Å². The molecule has 190 valence electrons. The molecule has 0 aromatic heterocycles. The predicted molar refractivity (Wildman–Crippen MR) is 122 cm³/mol. The molecule has 0 spiro atoms. The minimum Gasteiger partial charge on any atom is -0.466 e. The van der Waals surface area contributed by atoms with Crippen LogP contribution >= 0.6 is 0 Å². The van der Waals surface area contributed by atoms with Crippen molar-refractivity contribution in [3.05, 3.63) is 35.4 Å². The number of ketones is 1. The van der Waals surface area contributed by atoms with Gasteiger partial charge in [0, 0.05) is 6.42 Å². The number of Topliss-reactive ketones (excluding diaryl/α,β-unsaturated/α-hetero) is 1. The van der Waals surface area contributed by atoms with Crippen LogP contribution in [0.3, 0.4) is 0 Å². The molecule has 2 amide bonds. The smallest absolute Gasteiger partial charge is 0.331 e. The van der Waals surface area contributed by atoms with Crippen molar-refractivity contribution in [3.8, 4) is 0 Å². The topological polar surface area (TPSA) is 133 Å². The van der Waals surface area contributed by atoms with E-state index in [9.17, 15) is 28.8 Å². The highest BCUT2D eigenvalue weighted by molar-refractivity contribution is 6.26. The predicted octanol–water partition coefficient (Wildman–Crippen LogP) is 2.48. The van der Waals surface area contributed by atoms with Crippen molar-refractivity contribution in [3.63, 3.8) is 0 Å². The molecule has 1 aromatic rings. The van der Waals surface area contributed by atoms with Gasteiger partial charge in [0.25, 0.3) is 11.8 Å². The molecule has 1 aliphatic heterocycles. The van der Waals surface area contributed by atoms with Gasteiger partial charge in [0.1, 0.15) is 0 Å². The summed E-state index contributed by atoms with van der Waals surface area (Å²) in [6, 6.07) is 4.65. The van der Waals surface area contributed by atoms with Crippen molar-refractivity contribution in [1.82, 2.24) is 4.90 Å². The average molecular weight is 490 g/mol. The van der Waals surface area contributed by atoms with Gasteiger partial charge < -0.3 is 14.2 Å². The summed E-state index contributed by atoms with van der Waals surface area (Å²) in [5, 5.41) is 0. The van der Waals surface area contributed by atoms with E-state index in [0.717, 1.165) is 4.90 Å². The number of unbranched alkanes of at least 4 members (excludes halogenated alkanes) is 1. The van der Waals surface area contributed by atoms with Gasteiger partial charge in [-0.2, -0.15) is 0 Å². The lowest BCUT2D eigenvalue weighted by molar-refractivity contribution is -0.176. The normalized spacial score (nSPS) is 13.8. The zero-order chi connectivity index (χ0) is 26.2. The second-order valence-electron chi connectivity index (χ2n) is 7.92. The Morgan fingerprint density at radius 1 is 0.829 bits per heavy atom. The van der Waals surface area contributed by atoms with E-state index in [0.29, 0.717) is 0 Å². The standard InChI is InChI=1S/C25H31NO9/c1-5-33-19(27)14-10-11-15-25(23(31)34-6-2,24(32)35-7-3)20(28)16(4)26-21(29)17-12-8-9-13-18(17)22(26)30/h8-9,12-13,16H,5-7,10-11,14-15H2,1-4H3. The Morgan fingerprint density at radius 2 is 1.31 bits per heavy atom. The second kappa shape index (κ2) is 12.2. The number of imide groups is 1. The largest absolute Gasteiger partial charge is 0.466 e. The van der Waals surface area contributed by atoms with Crippen molar-refractivity contribution < 1.29 is 43.0 Å². The van der Waals surface area contributed by atoms with Gasteiger partial charge in [-0.15, -0.1) is 0 Å². The number of carbonyl (C=O) groups excluding carboxylic acids is 6. The molecule has 1 aliphatic rings. The van der Waals surface area contributed by atoms with Crippen LogP contribution in [-0.2, 0) is 33.4 Å². The van der Waals surface area contributed by atoms with Crippen molar-refractivity contribution >= 4 is 35.5 Å². The summed E-state index contributed by atoms with van der Waals surface area (Å²) in [4.78, 5) is 78.4. The molecule has 0 aliphatic carbocycles. The molecule has 2 rings (SSSR count). The molecular formula is C25H31NO9. The van der Waals surface area contributed by atoms with Gasteiger partial charge in [-0.25, -0.2) is 0 Å². The molecule has 1 atom stereocenters. The first-order chi connectivity index (χ1) is 16.7. The summed E-state index contributed by atoms with van der Waals surface area (Å²) in [5.74, 6) is -5.08. The van der Waals surface area contributed by atoms with Crippen LogP contribution in [0.25, 0.3) is 0 Å². The molecule has 0 saturated heterocycles. The molecule has 0 saturated carbocycles. The number of nitrogens with zero attached hydrogens (tertiary/aromatic N) is 1. The monoisotopic (exact) mass is 489 g/mol. The Balaban J connectivity index is 2.41. The summed E-state index contributed by atoms with van der Waals surface area (Å²) in [6.07, 6.45) is 0.0409. The molecule has 10 nitrogen and oxygen atoms in total. The summed E-state index contributed by atoms with van der Waals surface area (Å²) >= 11 is 0. The number of ether oxygens (including phenoxy) is 3. The summed E-state index contributed by atoms with van der Waals surface area (Å²) in [7, 11) is 0. The van der Waals surface area contributed by atoms with E-state index in [4.69, 9.17) is 14.2 Å². The van der Waals surface area contributed by atoms with E-state index in [1.807, 2.05) is 0 Å². The Labute approximate surface area is 203 Å². The fourth-order valence-corrected chi connectivity index (χ4v) is 4.05. The minimum absolute atomic E-state index is 0.0255. The Bertz CT molecular complexity index is 947. The van der Waals surface area contributed by atoms with Crippen LogP contribution in [0.5, 0.6) is 0 Å². The summed E-state index contributed by atoms with van der Waals surface area (Å²) in [5.41, 5.74) is -2.15. The van der Waals surface area contributed by atoms with E-state index in [1.165, 1.54) is 32.9 Å². The minimum atomic E-state index is -2.41. The Kier molecular flexibility index (Phi) is 9.68. The van der Waals surface area contributed by atoms with Crippen LogP contribution in [0.15, 0.2) is 24.3 Å². The van der Waals surface area contributed by atoms with Crippen LogP contribution in [0.2, 0.25) is 0 Å². The zero-order valence-corrected chi connectivity index (χ0v) is 20.5. The first-order valence-electron chi connectivity index (χ1n) is 11.7. The maximum Gasteiger partial charge on any atom is 0.331 e. The maximum absolute atomic E-state index is 13.8. The van der Waals surface area contributed by atoms with Crippen LogP contribution in [0.4, 0.5) is 0 Å². The molecule has 0 fully saturated rings. The van der Waals surface area contributed by atoms with Gasteiger partial charge in [-0.05, 0) is 52.7 Å². The molecule has 1 aromatic carbocycles. The van der Waals surface area contributed by atoms with E-state index in [-0.39, 0.29) is 56.6 Å². The van der Waals surface area contributed by atoms with Gasteiger partial charge in [-0.1, -0.05) is 18.6 Å². The van der Waals surface area contributed by atoms with Gasteiger partial charge in [0.05, 0.1) is 37.0 Å². The number of benzene rings is 1. The molecule has 0 radical (unpaired) electrons. The number of hydrogen-bond donors (Lipinski definition) is 0. The van der Waals surface area contributed by atoms with Gasteiger partial charge >= 0.3 is 17.9 Å². The number of esters is 3. The molecule has 1 heterocycles. The van der Waals surface area contributed by atoms with Crippen LogP contribution in [0, 0.1) is 5.41 Å². The van der Waals surface area contributed by atoms with Crippen molar-refractivity contribution in [2.45, 2.75) is 59.4 Å². The van der Waals surface area contributed by atoms with Gasteiger partial charge in [0.15, 0.2) is 5.78 Å². The van der Waals surface area contributed by atoms with Crippen LogP contribution < -0.4 is 0 Å². The molecule has 35 heavy (non-hydrogen) atoms. The maximum atomic E-state index is 13.8. The highest BCUT2D eigenvalue weighted by Gasteiger charge is 2.58. The lowest BCUT2D eigenvalue weighted by Gasteiger charge is -2.32. The fraction of sp³-hybridized carbons (Fsp3) is 0.520. The number of amides is 2. The first-order valence-corrected chi connectivity index (χ1v) is 11.7. The Morgan fingerprint density at radius 3 is 1.77 bits per heavy atom. The molecule has 1 unspecified atom stereocenters. The third kappa shape index (κ3) is 5.58. The lowest BCUT2D eigenvalue weighted by Crippen LogP contribution is -2.56. The highest BCUT2D eigenvalue weighted by atomic mass is 16.6. The number of rotatable bonds is 13. The van der Waals surface area contributed by atoms with Crippen molar-refractivity contribution in [1.29, 1.82) is 0 Å². The summed E-state index contributed by atoms with van der Waals surface area (Å²) in [6.45, 7) is 5.98. The SMILES string of the molecule is CCOC(=O)CCCCC(C(=O)OCC)(C(=O)OCC)C(=O)C(C)N1C(=O)c2ccccc2C1=O. The quantitative estimate of drug-likeness (QED) is 0.135. The third-order valence-corrected chi connectivity index (χ3v) is 5.75. The van der Waals surface area contributed by atoms with Gasteiger partial charge in [-0.3, -0.25) is 33.7 Å². The Hall–Kier alpha value is -3.56. The second-order valence-corrected chi connectivity index (χ2v) is 7.92. The third-order valence-electron chi connectivity index (χ3n) is 5.75. The highest BCUT2D eigenvalue weighted by Crippen LogP contribution is 2.35. The van der Waals surface area contributed by atoms with Gasteiger partial charge in [0.2, 0.25) is 5.41 Å². The molecule has 0 bridgehead atoms. The fourth-order valence-electron chi connectivity index (χ4n) is 4.05. The molecule has 10 heteroatoms. The van der Waals surface area contributed by atoms with Crippen LogP contribution in [-0.4, -0.2) is 66.3 Å². The molecular weight excluding hydrogens is 458 g/mol. The van der Waals surface area contributed by atoms with Crippen molar-refractivity contribution in [2.24, 2.45) is 5.41 Å². The lowest BCUT2D eigenvalue weighted by atomic mass is 9.75. The first kappa shape index (κ1) is 27.7. The number of carbonyl (C=O) groups is 6. The van der Waals surface area contributed by atoms with E-state index in [2.05, 4.69) is 0 Å². The molecule has 0 N–H and O–H groups in total. The van der Waals surface area contributed by atoms with Crippen molar-refractivity contribution in [2.75, 3.05) is 19.8 Å². The van der Waals surface area contributed by atoms with Crippen LogP contribution in [0.1, 0.15) is 74.1 Å². The zero-order valence-electron chi connectivity index (χ0n) is 20.5.